The average molecular weight is 479 g/mol. The van der Waals surface area contributed by atoms with Gasteiger partial charge in [0.2, 0.25) is 0 Å². The molecule has 1 aliphatic heterocycles. The second-order valence-electron chi connectivity index (χ2n) is 7.29. The van der Waals surface area contributed by atoms with Crippen LogP contribution in [-0.4, -0.2) is 62.9 Å². The lowest BCUT2D eigenvalue weighted by atomic mass is 10.0. The number of carboxylic acid groups (broad SMARTS) is 1. The molecule has 168 valence electrons. The molecule has 0 atom stereocenters. The van der Waals surface area contributed by atoms with E-state index in [1.807, 2.05) is 4.90 Å². The maximum absolute atomic E-state index is 13.3. The highest BCUT2D eigenvalue weighted by atomic mass is 35.5. The normalized spacial score (nSPS) is 15.5. The quantitative estimate of drug-likeness (QED) is 0.700. The molecule has 2 aromatic rings. The van der Waals surface area contributed by atoms with E-state index in [0.717, 1.165) is 16.9 Å². The van der Waals surface area contributed by atoms with Gasteiger partial charge >= 0.3 is 18.2 Å². The lowest BCUT2D eigenvalue weighted by Gasteiger charge is -2.36. The van der Waals surface area contributed by atoms with E-state index >= 15 is 0 Å². The molecule has 1 aliphatic rings. The molecule has 1 amide bonds. The molecule has 12 heteroatoms. The number of nitrogens with zero attached hydrogens (tertiary/aromatic N) is 4. The van der Waals surface area contributed by atoms with Crippen LogP contribution in [0.15, 0.2) is 24.4 Å². The van der Waals surface area contributed by atoms with E-state index in [1.165, 1.54) is 17.0 Å². The number of aromatic nitrogens is 2. The van der Waals surface area contributed by atoms with Crippen molar-refractivity contribution in [3.63, 3.8) is 0 Å². The Balaban J connectivity index is 1.64. The van der Waals surface area contributed by atoms with Crippen molar-refractivity contribution in [1.29, 1.82) is 0 Å². The molecule has 1 N–H and O–H groups in total. The van der Waals surface area contributed by atoms with Gasteiger partial charge in [-0.25, -0.2) is 9.59 Å². The highest BCUT2D eigenvalue weighted by Gasteiger charge is 2.34. The molecule has 0 unspecified atom stereocenters. The minimum atomic E-state index is -4.48. The molecular weight excluding hydrogens is 460 g/mol. The Morgan fingerprint density at radius 1 is 1.26 bits per heavy atom. The predicted molar refractivity (Wildman–Crippen MR) is 108 cm³/mol. The van der Waals surface area contributed by atoms with E-state index in [4.69, 9.17) is 28.3 Å². The van der Waals surface area contributed by atoms with Gasteiger partial charge in [-0.05, 0) is 43.7 Å². The summed E-state index contributed by atoms with van der Waals surface area (Å²) in [6.45, 7) is 0.746. The van der Waals surface area contributed by atoms with Gasteiger partial charge in [-0.2, -0.15) is 23.0 Å². The van der Waals surface area contributed by atoms with E-state index in [-0.39, 0.29) is 28.2 Å². The lowest BCUT2D eigenvalue weighted by molar-refractivity contribution is -0.138. The Bertz CT molecular complexity index is 988. The zero-order valence-corrected chi connectivity index (χ0v) is 17.9. The van der Waals surface area contributed by atoms with Gasteiger partial charge in [0.1, 0.15) is 0 Å². The van der Waals surface area contributed by atoms with Gasteiger partial charge in [0.05, 0.1) is 16.8 Å². The summed E-state index contributed by atoms with van der Waals surface area (Å²) in [6, 6.07) is 2.97. The molecule has 31 heavy (non-hydrogen) atoms. The van der Waals surface area contributed by atoms with Crippen LogP contribution >= 0.6 is 23.2 Å². The number of hydrogen-bond acceptors (Lipinski definition) is 4. The number of halogens is 5. The number of likely N-dealkylation sites (tertiary alicyclic amines) is 1. The largest absolute Gasteiger partial charge is 0.476 e. The van der Waals surface area contributed by atoms with Crippen LogP contribution in [0.5, 0.6) is 0 Å². The summed E-state index contributed by atoms with van der Waals surface area (Å²) in [4.78, 5) is 26.9. The van der Waals surface area contributed by atoms with Crippen molar-refractivity contribution in [2.24, 2.45) is 0 Å². The molecule has 1 aromatic heterocycles. The molecule has 0 saturated carbocycles. The number of benzene rings is 1. The number of piperidine rings is 1. The van der Waals surface area contributed by atoms with Crippen molar-refractivity contribution in [3.05, 3.63) is 51.3 Å². The third-order valence-corrected chi connectivity index (χ3v) is 5.73. The Morgan fingerprint density at radius 3 is 2.45 bits per heavy atom. The molecule has 7 nitrogen and oxygen atoms in total. The predicted octanol–water partition coefficient (Wildman–Crippen LogP) is 4.47. The minimum Gasteiger partial charge on any atom is -0.476 e. The number of carbonyl (C=O) groups is 2. The Hall–Kier alpha value is -2.30. The Labute approximate surface area is 185 Å². The molecule has 0 radical (unpaired) electrons. The summed E-state index contributed by atoms with van der Waals surface area (Å²) in [5.41, 5.74) is -1.04. The summed E-state index contributed by atoms with van der Waals surface area (Å²) in [5.74, 6) is -1.34. The van der Waals surface area contributed by atoms with E-state index in [1.54, 1.807) is 7.05 Å². The van der Waals surface area contributed by atoms with Crippen LogP contribution in [0.1, 0.15) is 34.5 Å². The van der Waals surface area contributed by atoms with Crippen LogP contribution in [0.2, 0.25) is 10.0 Å². The first-order chi connectivity index (χ1) is 14.5. The van der Waals surface area contributed by atoms with Gasteiger partial charge in [0.25, 0.3) is 0 Å². The minimum absolute atomic E-state index is 0.0418. The van der Waals surface area contributed by atoms with Crippen molar-refractivity contribution < 1.29 is 27.9 Å². The average Bonchev–Trinajstić information content (AvgIpc) is 3.08. The number of aromatic carboxylic acids is 1. The van der Waals surface area contributed by atoms with E-state index in [0.29, 0.717) is 25.9 Å². The lowest BCUT2D eigenvalue weighted by Crippen LogP contribution is -2.46. The first-order valence-corrected chi connectivity index (χ1v) is 10.1. The molecule has 2 heterocycles. The van der Waals surface area contributed by atoms with Crippen LogP contribution in [0, 0.1) is 0 Å². The molecule has 1 saturated heterocycles. The monoisotopic (exact) mass is 478 g/mol. The van der Waals surface area contributed by atoms with Crippen molar-refractivity contribution in [3.8, 4) is 0 Å². The van der Waals surface area contributed by atoms with Crippen LogP contribution in [-0.2, 0) is 12.7 Å². The van der Waals surface area contributed by atoms with Crippen molar-refractivity contribution in [1.82, 2.24) is 19.6 Å². The van der Waals surface area contributed by atoms with Crippen LogP contribution in [0.25, 0.3) is 0 Å². The molecule has 1 aromatic carbocycles. The maximum Gasteiger partial charge on any atom is 0.416 e. The third-order valence-electron chi connectivity index (χ3n) is 5.22. The number of hydrogen-bond donors (Lipinski definition) is 1. The number of rotatable bonds is 4. The number of carbonyl (C=O) groups excluding carboxylic acids is 1. The highest BCUT2D eigenvalue weighted by Crippen LogP contribution is 2.34. The second-order valence-corrected chi connectivity index (χ2v) is 8.13. The van der Waals surface area contributed by atoms with E-state index in [9.17, 15) is 22.8 Å². The van der Waals surface area contributed by atoms with Crippen molar-refractivity contribution in [2.45, 2.75) is 31.6 Å². The molecule has 0 bridgehead atoms. The SMILES string of the molecule is CN(Cc1cc(Cl)ccc1C(F)(F)F)C1CCN(C(=O)n2cc(Cl)c(C(=O)O)n2)CC1. The summed E-state index contributed by atoms with van der Waals surface area (Å²) >= 11 is 11.7. The standard InChI is InChI=1S/C19H19Cl2F3N4O3/c1-26(9-11-8-12(20)2-3-14(11)19(22,23)24)13-4-6-27(7-5-13)18(31)28-10-15(21)16(25-28)17(29)30/h2-3,8,10,13H,4-7,9H2,1H3,(H,29,30). The number of carboxylic acids is 1. The zero-order chi connectivity index (χ0) is 22.9. The van der Waals surface area contributed by atoms with E-state index < -0.39 is 29.4 Å². The fourth-order valence-electron chi connectivity index (χ4n) is 3.61. The summed E-state index contributed by atoms with van der Waals surface area (Å²) in [6.07, 6.45) is -2.27. The number of amides is 1. The Kier molecular flexibility index (Phi) is 6.82. The first kappa shape index (κ1) is 23.4. The second kappa shape index (κ2) is 9.05. The molecule has 0 spiro atoms. The van der Waals surface area contributed by atoms with E-state index in [2.05, 4.69) is 5.10 Å². The van der Waals surface area contributed by atoms with Crippen molar-refractivity contribution >= 4 is 35.2 Å². The molecule has 3 rings (SSSR count). The van der Waals surface area contributed by atoms with Crippen LogP contribution in [0.3, 0.4) is 0 Å². The number of alkyl halides is 3. The van der Waals surface area contributed by atoms with Gasteiger partial charge in [0.15, 0.2) is 5.69 Å². The van der Waals surface area contributed by atoms with Crippen LogP contribution in [0.4, 0.5) is 18.0 Å². The fourth-order valence-corrected chi connectivity index (χ4v) is 4.01. The van der Waals surface area contributed by atoms with Gasteiger partial charge in [-0.3, -0.25) is 4.90 Å². The van der Waals surface area contributed by atoms with Gasteiger partial charge in [0, 0.05) is 30.7 Å². The summed E-state index contributed by atoms with van der Waals surface area (Å²) in [7, 11) is 1.73. The fraction of sp³-hybridized carbons (Fsp3) is 0.421. The maximum atomic E-state index is 13.3. The first-order valence-electron chi connectivity index (χ1n) is 9.31. The Morgan fingerprint density at radius 2 is 1.90 bits per heavy atom. The smallest absolute Gasteiger partial charge is 0.416 e. The molecular formula is C19H19Cl2F3N4O3. The summed E-state index contributed by atoms with van der Waals surface area (Å²) in [5, 5.41) is 12.8. The van der Waals surface area contributed by atoms with Crippen molar-refractivity contribution in [2.75, 3.05) is 20.1 Å². The zero-order valence-electron chi connectivity index (χ0n) is 16.4. The summed E-state index contributed by atoms with van der Waals surface area (Å²) < 4.78 is 40.8. The third kappa shape index (κ3) is 5.31. The van der Waals surface area contributed by atoms with Gasteiger partial charge in [-0.15, -0.1) is 0 Å². The highest BCUT2D eigenvalue weighted by molar-refractivity contribution is 6.33. The topological polar surface area (TPSA) is 78.7 Å². The molecule has 1 fully saturated rings. The molecule has 0 aliphatic carbocycles. The van der Waals surface area contributed by atoms with Gasteiger partial charge < -0.3 is 10.0 Å². The van der Waals surface area contributed by atoms with Gasteiger partial charge in [-0.1, -0.05) is 23.2 Å². The van der Waals surface area contributed by atoms with Crippen LogP contribution < -0.4 is 0 Å².